The van der Waals surface area contributed by atoms with Crippen LogP contribution in [0.25, 0.3) is 0 Å². The maximum absolute atomic E-state index is 14.0. The van der Waals surface area contributed by atoms with Crippen LogP contribution in [0.1, 0.15) is 57.1 Å². The highest BCUT2D eigenvalue weighted by Gasteiger charge is 2.59. The van der Waals surface area contributed by atoms with Crippen LogP contribution >= 0.6 is 0 Å². The molecule has 2 aromatic rings. The average molecular weight is 424 g/mol. The molecular weight excluding hydrogens is 393 g/mol. The number of benzene rings is 1. The second kappa shape index (κ2) is 7.77. The minimum atomic E-state index is -0.440. The first-order chi connectivity index (χ1) is 15.0. The third-order valence-electron chi connectivity index (χ3n) is 6.75. The van der Waals surface area contributed by atoms with Crippen LogP contribution < -0.4 is 15.1 Å². The first kappa shape index (κ1) is 20.2. The summed E-state index contributed by atoms with van der Waals surface area (Å²) < 4.78 is 14.0. The Morgan fingerprint density at radius 1 is 1.23 bits per heavy atom. The van der Waals surface area contributed by atoms with Gasteiger partial charge in [0.2, 0.25) is 11.9 Å². The third kappa shape index (κ3) is 3.64. The number of anilines is 3. The summed E-state index contributed by atoms with van der Waals surface area (Å²) in [6, 6.07) is 4.73. The molecule has 1 amide bonds. The van der Waals surface area contributed by atoms with E-state index in [0.29, 0.717) is 18.2 Å². The third-order valence-corrected chi connectivity index (χ3v) is 6.75. The number of nitrogens with zero attached hydrogens (tertiary/aromatic N) is 4. The van der Waals surface area contributed by atoms with Crippen LogP contribution in [0.2, 0.25) is 0 Å². The minimum Gasteiger partial charge on any atom is -0.370 e. The van der Waals surface area contributed by atoms with Crippen LogP contribution in [-0.2, 0) is 16.8 Å². The number of aromatic nitrogens is 2. The van der Waals surface area contributed by atoms with Crippen LogP contribution in [0.15, 0.2) is 24.4 Å². The molecule has 6 nitrogen and oxygen atoms in total. The summed E-state index contributed by atoms with van der Waals surface area (Å²) in [4.78, 5) is 26.7. The molecule has 1 spiro atoms. The molecule has 1 saturated carbocycles. The highest BCUT2D eigenvalue weighted by Crippen LogP contribution is 2.57. The molecule has 0 unspecified atom stereocenters. The van der Waals surface area contributed by atoms with Gasteiger partial charge in [-0.3, -0.25) is 4.79 Å². The Morgan fingerprint density at radius 3 is 2.71 bits per heavy atom. The van der Waals surface area contributed by atoms with Crippen molar-refractivity contribution in [3.05, 3.63) is 41.3 Å². The molecule has 1 aromatic carbocycles. The van der Waals surface area contributed by atoms with E-state index in [4.69, 9.17) is 4.98 Å². The molecule has 2 aliphatic heterocycles. The molecule has 0 radical (unpaired) electrons. The average Bonchev–Trinajstić information content (AvgIpc) is 3.29. The molecule has 7 heteroatoms. The Labute approximate surface area is 182 Å². The van der Waals surface area contributed by atoms with Crippen LogP contribution in [0.3, 0.4) is 0 Å². The molecule has 5 rings (SSSR count). The molecule has 1 saturated heterocycles. The van der Waals surface area contributed by atoms with E-state index < -0.39 is 5.41 Å². The van der Waals surface area contributed by atoms with Gasteiger partial charge in [-0.1, -0.05) is 19.9 Å². The Balaban J connectivity index is 1.45. The number of halogens is 1. The number of hydrogen-bond acceptors (Lipinski definition) is 5. The lowest BCUT2D eigenvalue weighted by Gasteiger charge is -2.22. The van der Waals surface area contributed by atoms with Gasteiger partial charge in [-0.25, -0.2) is 9.37 Å². The van der Waals surface area contributed by atoms with Crippen molar-refractivity contribution in [2.45, 2.75) is 57.9 Å². The van der Waals surface area contributed by atoms with Crippen LogP contribution in [0.4, 0.5) is 21.8 Å². The van der Waals surface area contributed by atoms with E-state index in [2.05, 4.69) is 29.0 Å². The van der Waals surface area contributed by atoms with Gasteiger partial charge in [0.05, 0.1) is 17.6 Å². The number of nitrogens with one attached hydrogen (secondary N) is 1. The smallest absolute Gasteiger partial charge is 0.238 e. The van der Waals surface area contributed by atoms with Crippen molar-refractivity contribution in [1.29, 1.82) is 0 Å². The monoisotopic (exact) mass is 423 g/mol. The number of fused-ring (bicyclic) bond motifs is 2. The van der Waals surface area contributed by atoms with E-state index in [1.807, 2.05) is 6.20 Å². The fraction of sp³-hybridized carbons (Fsp3) is 0.542. The van der Waals surface area contributed by atoms with Gasteiger partial charge in [-0.15, -0.1) is 0 Å². The maximum Gasteiger partial charge on any atom is 0.238 e. The van der Waals surface area contributed by atoms with E-state index in [0.717, 1.165) is 74.6 Å². The van der Waals surface area contributed by atoms with E-state index >= 15 is 0 Å². The number of hydrogen-bond donors (Lipinski definition) is 1. The minimum absolute atomic E-state index is 0.0739. The van der Waals surface area contributed by atoms with Gasteiger partial charge < -0.3 is 15.1 Å². The Bertz CT molecular complexity index is 997. The molecular formula is C24H30FN5O. The van der Waals surface area contributed by atoms with Crippen LogP contribution in [0, 0.1) is 11.7 Å². The Morgan fingerprint density at radius 2 is 2.00 bits per heavy atom. The number of carbonyl (C=O) groups is 1. The zero-order valence-corrected chi connectivity index (χ0v) is 18.3. The predicted molar refractivity (Wildman–Crippen MR) is 120 cm³/mol. The van der Waals surface area contributed by atoms with Crippen LogP contribution in [-0.4, -0.2) is 35.5 Å². The molecule has 2 fully saturated rings. The Hall–Kier alpha value is -2.70. The molecule has 3 heterocycles. The Kier molecular flexibility index (Phi) is 5.07. The van der Waals surface area contributed by atoms with E-state index in [1.54, 1.807) is 11.0 Å². The summed E-state index contributed by atoms with van der Waals surface area (Å²) >= 11 is 0. The van der Waals surface area contributed by atoms with Gasteiger partial charge in [0.1, 0.15) is 11.6 Å². The zero-order chi connectivity index (χ0) is 21.6. The van der Waals surface area contributed by atoms with Gasteiger partial charge in [0.15, 0.2) is 0 Å². The van der Waals surface area contributed by atoms with E-state index in [-0.39, 0.29) is 11.7 Å². The number of amides is 1. The summed E-state index contributed by atoms with van der Waals surface area (Å²) in [7, 11) is 0. The fourth-order valence-electron chi connectivity index (χ4n) is 4.77. The topological polar surface area (TPSA) is 61.4 Å². The molecule has 1 aliphatic carbocycles. The summed E-state index contributed by atoms with van der Waals surface area (Å²) in [6.07, 6.45) is 6.86. The number of carbonyl (C=O) groups excluding carboxylic acids is 1. The second-order valence-corrected chi connectivity index (χ2v) is 9.48. The van der Waals surface area contributed by atoms with E-state index in [1.165, 1.54) is 12.1 Å². The standard InChI is InChI=1S/C24H30FN5O/c1-16(2)7-10-26-21-17(14-27-23(28-21)29-11-3-4-12-29)15-30-20-13-18(25)5-6-19(20)24(8-9-24)22(30)31/h5-6,13-14,16H,3-4,7-12,15H2,1-2H3,(H,26,27,28). The van der Waals surface area contributed by atoms with Crippen molar-refractivity contribution in [2.75, 3.05) is 34.8 Å². The first-order valence-corrected chi connectivity index (χ1v) is 11.4. The second-order valence-electron chi connectivity index (χ2n) is 9.48. The predicted octanol–water partition coefficient (Wildman–Crippen LogP) is 4.25. The molecule has 0 bridgehead atoms. The molecule has 1 aromatic heterocycles. The van der Waals surface area contributed by atoms with Crippen molar-refractivity contribution in [3.63, 3.8) is 0 Å². The highest BCUT2D eigenvalue weighted by atomic mass is 19.1. The first-order valence-electron chi connectivity index (χ1n) is 11.4. The highest BCUT2D eigenvalue weighted by molar-refractivity contribution is 6.10. The lowest BCUT2D eigenvalue weighted by molar-refractivity contribution is -0.120. The van der Waals surface area contributed by atoms with Gasteiger partial charge in [0, 0.05) is 31.4 Å². The summed E-state index contributed by atoms with van der Waals surface area (Å²) in [5, 5.41) is 3.48. The van der Waals surface area contributed by atoms with Crippen molar-refractivity contribution in [3.8, 4) is 0 Å². The van der Waals surface area contributed by atoms with E-state index in [9.17, 15) is 9.18 Å². The maximum atomic E-state index is 14.0. The van der Waals surface area contributed by atoms with Crippen molar-refractivity contribution < 1.29 is 9.18 Å². The molecule has 0 atom stereocenters. The summed E-state index contributed by atoms with van der Waals surface area (Å²) in [5.41, 5.74) is 2.08. The van der Waals surface area contributed by atoms with Gasteiger partial charge in [0.25, 0.3) is 0 Å². The van der Waals surface area contributed by atoms with Crippen molar-refractivity contribution in [1.82, 2.24) is 9.97 Å². The SMILES string of the molecule is CC(C)CCNc1nc(N2CCCC2)ncc1CN1C(=O)C2(CC2)c2ccc(F)cc21. The van der Waals surface area contributed by atoms with Crippen molar-refractivity contribution >= 4 is 23.4 Å². The lowest BCUT2D eigenvalue weighted by Crippen LogP contribution is -2.32. The van der Waals surface area contributed by atoms with Gasteiger partial charge in [-0.2, -0.15) is 4.98 Å². The normalized spacial score (nSPS) is 18.9. The van der Waals surface area contributed by atoms with Crippen LogP contribution in [0.5, 0.6) is 0 Å². The molecule has 164 valence electrons. The van der Waals surface area contributed by atoms with Gasteiger partial charge >= 0.3 is 0 Å². The summed E-state index contributed by atoms with van der Waals surface area (Å²) in [5.74, 6) is 1.86. The molecule has 3 aliphatic rings. The zero-order valence-electron chi connectivity index (χ0n) is 18.3. The lowest BCUT2D eigenvalue weighted by atomic mass is 9.98. The van der Waals surface area contributed by atoms with Crippen molar-refractivity contribution in [2.24, 2.45) is 5.92 Å². The molecule has 1 N–H and O–H groups in total. The number of rotatable bonds is 7. The van der Waals surface area contributed by atoms with Gasteiger partial charge in [-0.05, 0) is 55.7 Å². The molecule has 31 heavy (non-hydrogen) atoms. The fourth-order valence-corrected chi connectivity index (χ4v) is 4.77. The largest absolute Gasteiger partial charge is 0.370 e. The summed E-state index contributed by atoms with van der Waals surface area (Å²) in [6.45, 7) is 7.50. The quantitative estimate of drug-likeness (QED) is 0.721.